The highest BCUT2D eigenvalue weighted by atomic mass is 16.5. The zero-order valence-corrected chi connectivity index (χ0v) is 15.5. The maximum Gasteiger partial charge on any atom is 0.220 e. The molecule has 0 spiro atoms. The van der Waals surface area contributed by atoms with Gasteiger partial charge in [0.1, 0.15) is 5.75 Å². The summed E-state index contributed by atoms with van der Waals surface area (Å²) < 4.78 is 6.03. The van der Waals surface area contributed by atoms with Crippen LogP contribution in [-0.4, -0.2) is 30.3 Å². The fourth-order valence-corrected chi connectivity index (χ4v) is 3.52. The van der Waals surface area contributed by atoms with Crippen molar-refractivity contribution in [3.63, 3.8) is 0 Å². The van der Waals surface area contributed by atoms with Crippen LogP contribution in [-0.2, 0) is 11.2 Å². The van der Waals surface area contributed by atoms with Gasteiger partial charge in [-0.25, -0.2) is 0 Å². The van der Waals surface area contributed by atoms with Crippen molar-refractivity contribution in [3.05, 3.63) is 29.8 Å². The molecule has 0 heterocycles. The second kappa shape index (κ2) is 11.1. The average molecular weight is 347 g/mol. The molecule has 1 aromatic rings. The number of carbonyl (C=O) groups is 1. The fourth-order valence-electron chi connectivity index (χ4n) is 3.52. The fraction of sp³-hybridized carbons (Fsp3) is 0.667. The Hall–Kier alpha value is -1.55. The number of aryl methyl sites for hydroxylation is 1. The highest BCUT2D eigenvalue weighted by Crippen LogP contribution is 2.24. The summed E-state index contributed by atoms with van der Waals surface area (Å²) in [5.41, 5.74) is 1.14. The molecule has 0 bridgehead atoms. The monoisotopic (exact) mass is 347 g/mol. The van der Waals surface area contributed by atoms with E-state index in [-0.39, 0.29) is 12.5 Å². The van der Waals surface area contributed by atoms with Crippen molar-refractivity contribution in [2.75, 3.05) is 13.2 Å². The molecule has 140 valence electrons. The van der Waals surface area contributed by atoms with Gasteiger partial charge in [-0.15, -0.1) is 0 Å². The smallest absolute Gasteiger partial charge is 0.220 e. The summed E-state index contributed by atoms with van der Waals surface area (Å²) >= 11 is 0. The number of ether oxygens (including phenoxy) is 1. The van der Waals surface area contributed by atoms with Gasteiger partial charge in [-0.05, 0) is 68.6 Å². The van der Waals surface area contributed by atoms with Gasteiger partial charge in [0.15, 0.2) is 0 Å². The Morgan fingerprint density at radius 1 is 1.32 bits per heavy atom. The van der Waals surface area contributed by atoms with E-state index in [1.165, 1.54) is 12.8 Å². The second-order valence-electron chi connectivity index (χ2n) is 7.14. The molecule has 2 N–H and O–H groups in total. The van der Waals surface area contributed by atoms with Gasteiger partial charge in [-0.3, -0.25) is 4.79 Å². The lowest BCUT2D eigenvalue weighted by Crippen LogP contribution is -2.29. The molecule has 0 aromatic heterocycles. The normalized spacial score (nSPS) is 15.9. The predicted octanol–water partition coefficient (Wildman–Crippen LogP) is 3.86. The molecular formula is C21H33NO3. The van der Waals surface area contributed by atoms with Gasteiger partial charge in [0, 0.05) is 19.6 Å². The third-order valence-corrected chi connectivity index (χ3v) is 4.97. The summed E-state index contributed by atoms with van der Waals surface area (Å²) in [6.45, 7) is 2.99. The Labute approximate surface area is 152 Å². The first-order valence-electron chi connectivity index (χ1n) is 9.84. The molecule has 1 atom stereocenters. The van der Waals surface area contributed by atoms with E-state index < -0.39 is 0 Å². The molecular weight excluding hydrogens is 314 g/mol. The summed E-state index contributed by atoms with van der Waals surface area (Å²) in [6, 6.07) is 8.14. The third-order valence-electron chi connectivity index (χ3n) is 4.97. The van der Waals surface area contributed by atoms with E-state index >= 15 is 0 Å². The number of hydrogen-bond donors (Lipinski definition) is 2. The molecule has 1 aromatic carbocycles. The van der Waals surface area contributed by atoms with Crippen LogP contribution in [0.3, 0.4) is 0 Å². The lowest BCUT2D eigenvalue weighted by Gasteiger charge is -2.16. The molecule has 4 heteroatoms. The molecule has 1 aliphatic carbocycles. The molecule has 0 saturated heterocycles. The van der Waals surface area contributed by atoms with E-state index in [0.717, 1.165) is 49.8 Å². The number of aliphatic hydroxyl groups excluding tert-OH is 1. The summed E-state index contributed by atoms with van der Waals surface area (Å²) in [7, 11) is 0. The number of amides is 1. The Kier molecular flexibility index (Phi) is 8.81. The maximum atomic E-state index is 12.1. The minimum Gasteiger partial charge on any atom is -0.490 e. The Morgan fingerprint density at radius 3 is 2.84 bits per heavy atom. The van der Waals surface area contributed by atoms with E-state index in [2.05, 4.69) is 24.4 Å². The van der Waals surface area contributed by atoms with E-state index in [1.54, 1.807) is 0 Å². The predicted molar refractivity (Wildman–Crippen MR) is 101 cm³/mol. The Bertz CT molecular complexity index is 506. The first kappa shape index (κ1) is 19.8. The molecule has 0 unspecified atom stereocenters. The van der Waals surface area contributed by atoms with Gasteiger partial charge in [-0.2, -0.15) is 0 Å². The van der Waals surface area contributed by atoms with Crippen LogP contribution in [0.4, 0.5) is 0 Å². The van der Waals surface area contributed by atoms with Gasteiger partial charge in [0.2, 0.25) is 5.91 Å². The highest BCUT2D eigenvalue weighted by Gasteiger charge is 2.16. The van der Waals surface area contributed by atoms with Gasteiger partial charge in [0.05, 0.1) is 6.10 Å². The number of benzene rings is 1. The van der Waals surface area contributed by atoms with Crippen LogP contribution in [0.2, 0.25) is 0 Å². The minimum absolute atomic E-state index is 0.0844. The Morgan fingerprint density at radius 2 is 2.12 bits per heavy atom. The van der Waals surface area contributed by atoms with Crippen LogP contribution in [0.15, 0.2) is 24.3 Å². The molecule has 1 fully saturated rings. The molecule has 0 aliphatic heterocycles. The molecule has 1 amide bonds. The van der Waals surface area contributed by atoms with Crippen molar-refractivity contribution in [1.29, 1.82) is 0 Å². The van der Waals surface area contributed by atoms with E-state index in [0.29, 0.717) is 25.0 Å². The van der Waals surface area contributed by atoms with Gasteiger partial charge < -0.3 is 15.2 Å². The first-order valence-corrected chi connectivity index (χ1v) is 9.84. The quantitative estimate of drug-likeness (QED) is 0.639. The molecule has 1 saturated carbocycles. The van der Waals surface area contributed by atoms with Gasteiger partial charge >= 0.3 is 0 Å². The minimum atomic E-state index is 0.0844. The Balaban J connectivity index is 1.73. The molecule has 2 rings (SSSR count). The summed E-state index contributed by atoms with van der Waals surface area (Å²) in [5, 5.41) is 12.1. The standard InChI is InChI=1S/C21H33NO3/c1-2-6-18(13-14-23)16-22-21(24)12-11-17-7-5-10-20(15-17)25-19-8-3-4-9-19/h5,7,10,15,18-19,23H,2-4,6,8-9,11-14,16H2,1H3,(H,22,24)/t18-/m1/s1. The van der Waals surface area contributed by atoms with Crippen molar-refractivity contribution >= 4 is 5.91 Å². The number of rotatable bonds is 11. The summed E-state index contributed by atoms with van der Waals surface area (Å²) in [6.07, 6.45) is 9.29. The van der Waals surface area contributed by atoms with Crippen molar-refractivity contribution in [2.45, 2.75) is 70.8 Å². The average Bonchev–Trinajstić information content (AvgIpc) is 3.11. The van der Waals surface area contributed by atoms with E-state index in [1.807, 2.05) is 12.1 Å². The van der Waals surface area contributed by atoms with Crippen molar-refractivity contribution in [2.24, 2.45) is 5.92 Å². The second-order valence-corrected chi connectivity index (χ2v) is 7.14. The van der Waals surface area contributed by atoms with Crippen LogP contribution in [0.5, 0.6) is 5.75 Å². The third kappa shape index (κ3) is 7.47. The van der Waals surface area contributed by atoms with E-state index in [9.17, 15) is 4.79 Å². The number of nitrogens with one attached hydrogen (secondary N) is 1. The van der Waals surface area contributed by atoms with Crippen molar-refractivity contribution < 1.29 is 14.6 Å². The largest absolute Gasteiger partial charge is 0.490 e. The van der Waals surface area contributed by atoms with E-state index in [4.69, 9.17) is 9.84 Å². The number of hydrogen-bond acceptors (Lipinski definition) is 3. The molecule has 4 nitrogen and oxygen atoms in total. The zero-order valence-electron chi connectivity index (χ0n) is 15.5. The van der Waals surface area contributed by atoms with Gasteiger partial charge in [-0.1, -0.05) is 25.5 Å². The molecule has 1 aliphatic rings. The lowest BCUT2D eigenvalue weighted by atomic mass is 10.00. The SMILES string of the molecule is CCC[C@H](CCO)CNC(=O)CCc1cccc(OC2CCCC2)c1. The van der Waals surface area contributed by atoms with Crippen LogP contribution in [0.25, 0.3) is 0 Å². The van der Waals surface area contributed by atoms with Crippen LogP contribution in [0, 0.1) is 5.92 Å². The summed E-state index contributed by atoms with van der Waals surface area (Å²) in [4.78, 5) is 12.1. The zero-order chi connectivity index (χ0) is 17.9. The summed E-state index contributed by atoms with van der Waals surface area (Å²) in [5.74, 6) is 1.39. The van der Waals surface area contributed by atoms with Crippen LogP contribution >= 0.6 is 0 Å². The first-order chi connectivity index (χ1) is 12.2. The van der Waals surface area contributed by atoms with Crippen LogP contribution < -0.4 is 10.1 Å². The molecule has 0 radical (unpaired) electrons. The maximum absolute atomic E-state index is 12.1. The topological polar surface area (TPSA) is 58.6 Å². The van der Waals surface area contributed by atoms with Crippen molar-refractivity contribution in [1.82, 2.24) is 5.32 Å². The highest BCUT2D eigenvalue weighted by molar-refractivity contribution is 5.76. The van der Waals surface area contributed by atoms with Gasteiger partial charge in [0.25, 0.3) is 0 Å². The lowest BCUT2D eigenvalue weighted by molar-refractivity contribution is -0.121. The molecule has 25 heavy (non-hydrogen) atoms. The van der Waals surface area contributed by atoms with Crippen LogP contribution in [0.1, 0.15) is 63.9 Å². The number of aliphatic hydroxyl groups is 1. The number of carbonyl (C=O) groups excluding carboxylic acids is 1. The van der Waals surface area contributed by atoms with Crippen molar-refractivity contribution in [3.8, 4) is 5.75 Å².